The minimum Gasteiger partial charge on any atom is -0.496 e. The first-order valence-corrected chi connectivity index (χ1v) is 8.26. The molecule has 1 aromatic rings. The van der Waals surface area contributed by atoms with Gasteiger partial charge >= 0.3 is 0 Å². The number of likely N-dealkylation sites (tertiary alicyclic amines) is 1. The number of carbonyl (C=O) groups excluding carboxylic acids is 1. The molecule has 1 unspecified atom stereocenters. The number of hydrogen-bond donors (Lipinski definition) is 1. The highest BCUT2D eigenvalue weighted by Gasteiger charge is 2.38. The number of halogens is 1. The molecule has 2 fully saturated rings. The van der Waals surface area contributed by atoms with E-state index in [0.29, 0.717) is 23.4 Å². The zero-order valence-corrected chi connectivity index (χ0v) is 13.8. The van der Waals surface area contributed by atoms with Gasteiger partial charge in [-0.25, -0.2) is 0 Å². The zero-order valence-electron chi connectivity index (χ0n) is 12.2. The SMILES string of the molecule is COc1ccc(C(=O)N2C[C@H]3CCC(N)C[C@H]3C2)cc1Br. The fourth-order valence-corrected chi connectivity index (χ4v) is 4.16. The Balaban J connectivity index is 1.73. The third-order valence-electron chi connectivity index (χ3n) is 4.78. The summed E-state index contributed by atoms with van der Waals surface area (Å²) in [5.74, 6) is 2.07. The Morgan fingerprint density at radius 1 is 1.33 bits per heavy atom. The molecule has 1 amide bonds. The first-order valence-electron chi connectivity index (χ1n) is 7.47. The van der Waals surface area contributed by atoms with Gasteiger partial charge in [0, 0.05) is 24.7 Å². The minimum absolute atomic E-state index is 0.112. The van der Waals surface area contributed by atoms with Gasteiger partial charge in [0.25, 0.3) is 5.91 Å². The second kappa shape index (κ2) is 5.97. The molecule has 21 heavy (non-hydrogen) atoms. The molecule has 3 atom stereocenters. The van der Waals surface area contributed by atoms with Gasteiger partial charge < -0.3 is 15.4 Å². The number of methoxy groups -OCH3 is 1. The fraction of sp³-hybridized carbons (Fsp3) is 0.562. The minimum atomic E-state index is 0.112. The maximum absolute atomic E-state index is 12.7. The number of fused-ring (bicyclic) bond motifs is 1. The van der Waals surface area contributed by atoms with E-state index in [1.165, 1.54) is 0 Å². The van der Waals surface area contributed by atoms with Crippen molar-refractivity contribution in [3.05, 3.63) is 28.2 Å². The number of carbonyl (C=O) groups is 1. The predicted molar refractivity (Wildman–Crippen MR) is 85.4 cm³/mol. The van der Waals surface area contributed by atoms with Crippen LogP contribution in [-0.4, -0.2) is 37.0 Å². The van der Waals surface area contributed by atoms with Gasteiger partial charge in [0.2, 0.25) is 0 Å². The lowest BCUT2D eigenvalue weighted by Gasteiger charge is -2.27. The summed E-state index contributed by atoms with van der Waals surface area (Å²) in [6, 6.07) is 5.82. The van der Waals surface area contributed by atoms with E-state index in [1.807, 2.05) is 23.1 Å². The number of rotatable bonds is 2. The highest BCUT2D eigenvalue weighted by molar-refractivity contribution is 9.10. The molecule has 1 saturated carbocycles. The summed E-state index contributed by atoms with van der Waals surface area (Å²) in [5.41, 5.74) is 6.77. The molecule has 0 aromatic heterocycles. The van der Waals surface area contributed by atoms with Crippen LogP contribution in [0.4, 0.5) is 0 Å². The van der Waals surface area contributed by atoms with Crippen LogP contribution in [0.1, 0.15) is 29.6 Å². The van der Waals surface area contributed by atoms with Crippen LogP contribution < -0.4 is 10.5 Å². The van der Waals surface area contributed by atoms with Crippen molar-refractivity contribution in [3.63, 3.8) is 0 Å². The molecule has 1 aliphatic heterocycles. The lowest BCUT2D eigenvalue weighted by Crippen LogP contribution is -2.32. The van der Waals surface area contributed by atoms with Crippen LogP contribution >= 0.6 is 15.9 Å². The molecular weight excluding hydrogens is 332 g/mol. The Hall–Kier alpha value is -1.07. The molecule has 1 aromatic carbocycles. The Bertz CT molecular complexity index is 549. The van der Waals surface area contributed by atoms with Crippen LogP contribution in [0.15, 0.2) is 22.7 Å². The summed E-state index contributed by atoms with van der Waals surface area (Å²) >= 11 is 3.44. The smallest absolute Gasteiger partial charge is 0.253 e. The summed E-state index contributed by atoms with van der Waals surface area (Å²) < 4.78 is 6.02. The molecule has 0 spiro atoms. The highest BCUT2D eigenvalue weighted by atomic mass is 79.9. The summed E-state index contributed by atoms with van der Waals surface area (Å²) in [7, 11) is 1.62. The molecule has 4 nitrogen and oxygen atoms in total. The van der Waals surface area contributed by atoms with Crippen LogP contribution in [0.2, 0.25) is 0 Å². The summed E-state index contributed by atoms with van der Waals surface area (Å²) in [4.78, 5) is 14.6. The van der Waals surface area contributed by atoms with Gasteiger partial charge in [-0.1, -0.05) is 0 Å². The summed E-state index contributed by atoms with van der Waals surface area (Å²) in [5, 5.41) is 0. The zero-order chi connectivity index (χ0) is 15.0. The number of ether oxygens (including phenoxy) is 1. The number of nitrogens with zero attached hydrogens (tertiary/aromatic N) is 1. The monoisotopic (exact) mass is 352 g/mol. The molecule has 2 N–H and O–H groups in total. The lowest BCUT2D eigenvalue weighted by molar-refractivity contribution is 0.0784. The van der Waals surface area contributed by atoms with E-state index in [-0.39, 0.29) is 5.91 Å². The predicted octanol–water partition coefficient (Wildman–Crippen LogP) is 2.66. The molecule has 114 valence electrons. The van der Waals surface area contributed by atoms with Crippen LogP contribution in [0.5, 0.6) is 5.75 Å². The maximum atomic E-state index is 12.7. The number of amides is 1. The molecule has 1 saturated heterocycles. The van der Waals surface area contributed by atoms with E-state index in [2.05, 4.69) is 15.9 Å². The van der Waals surface area contributed by atoms with Crippen molar-refractivity contribution in [1.29, 1.82) is 0 Å². The van der Waals surface area contributed by atoms with Gasteiger partial charge in [-0.2, -0.15) is 0 Å². The van der Waals surface area contributed by atoms with Crippen LogP contribution in [0.3, 0.4) is 0 Å². The van der Waals surface area contributed by atoms with Crippen molar-refractivity contribution in [2.75, 3.05) is 20.2 Å². The van der Waals surface area contributed by atoms with Crippen LogP contribution in [0, 0.1) is 11.8 Å². The van der Waals surface area contributed by atoms with E-state index >= 15 is 0 Å². The summed E-state index contributed by atoms with van der Waals surface area (Å²) in [6.07, 6.45) is 3.31. The third-order valence-corrected chi connectivity index (χ3v) is 5.40. The van der Waals surface area contributed by atoms with E-state index in [4.69, 9.17) is 10.5 Å². The Labute approximate surface area is 133 Å². The van der Waals surface area contributed by atoms with Gasteiger partial charge in [0.05, 0.1) is 11.6 Å². The number of hydrogen-bond acceptors (Lipinski definition) is 3. The van der Waals surface area contributed by atoms with Crippen molar-refractivity contribution in [3.8, 4) is 5.75 Å². The average molecular weight is 353 g/mol. The van der Waals surface area contributed by atoms with E-state index in [1.54, 1.807) is 7.11 Å². The van der Waals surface area contributed by atoms with E-state index in [9.17, 15) is 4.79 Å². The second-order valence-corrected chi connectivity index (χ2v) is 7.01. The number of nitrogens with two attached hydrogens (primary N) is 1. The van der Waals surface area contributed by atoms with Gasteiger partial charge in [0.1, 0.15) is 5.75 Å². The van der Waals surface area contributed by atoms with Gasteiger partial charge in [-0.3, -0.25) is 4.79 Å². The summed E-state index contributed by atoms with van der Waals surface area (Å²) in [6.45, 7) is 1.72. The second-order valence-electron chi connectivity index (χ2n) is 6.15. The quantitative estimate of drug-likeness (QED) is 0.889. The molecule has 2 aliphatic rings. The topological polar surface area (TPSA) is 55.6 Å². The molecule has 0 bridgehead atoms. The fourth-order valence-electron chi connectivity index (χ4n) is 3.62. The Morgan fingerprint density at radius 3 is 2.81 bits per heavy atom. The standard InChI is InChI=1S/C16H21BrN2O2/c1-21-15-5-3-10(7-14(15)17)16(20)19-8-11-2-4-13(18)6-12(11)9-19/h3,5,7,11-13H,2,4,6,8-9,18H2,1H3/t11-,12+,13?/m1/s1. The van der Waals surface area contributed by atoms with E-state index in [0.717, 1.165) is 42.6 Å². The maximum Gasteiger partial charge on any atom is 0.253 e. The van der Waals surface area contributed by atoms with Crippen LogP contribution in [-0.2, 0) is 0 Å². The Kier molecular flexibility index (Phi) is 4.22. The van der Waals surface area contributed by atoms with Gasteiger partial charge in [0.15, 0.2) is 0 Å². The normalized spacial score (nSPS) is 28.3. The van der Waals surface area contributed by atoms with Gasteiger partial charge in [-0.15, -0.1) is 0 Å². The molecule has 1 heterocycles. The van der Waals surface area contributed by atoms with Crippen LogP contribution in [0.25, 0.3) is 0 Å². The first kappa shape index (κ1) is 14.9. The molecule has 5 heteroatoms. The van der Waals surface area contributed by atoms with Crippen molar-refractivity contribution >= 4 is 21.8 Å². The van der Waals surface area contributed by atoms with Crippen molar-refractivity contribution < 1.29 is 9.53 Å². The average Bonchev–Trinajstić information content (AvgIpc) is 2.89. The molecular formula is C16H21BrN2O2. The lowest BCUT2D eigenvalue weighted by atomic mass is 9.79. The largest absolute Gasteiger partial charge is 0.496 e. The van der Waals surface area contributed by atoms with Crippen molar-refractivity contribution in [2.45, 2.75) is 25.3 Å². The first-order chi connectivity index (χ1) is 10.1. The van der Waals surface area contributed by atoms with Gasteiger partial charge in [-0.05, 0) is 65.2 Å². The highest BCUT2D eigenvalue weighted by Crippen LogP contribution is 2.36. The van der Waals surface area contributed by atoms with Crippen molar-refractivity contribution in [2.24, 2.45) is 17.6 Å². The molecule has 3 rings (SSSR count). The molecule has 0 radical (unpaired) electrons. The number of benzene rings is 1. The third kappa shape index (κ3) is 2.94. The van der Waals surface area contributed by atoms with E-state index < -0.39 is 0 Å². The van der Waals surface area contributed by atoms with Crippen molar-refractivity contribution in [1.82, 2.24) is 4.90 Å². The Morgan fingerprint density at radius 2 is 2.10 bits per heavy atom. The molecule has 1 aliphatic carbocycles.